The summed E-state index contributed by atoms with van der Waals surface area (Å²) in [4.78, 5) is 47.0. The third-order valence-corrected chi connectivity index (χ3v) is 4.29. The van der Waals surface area contributed by atoms with Crippen molar-refractivity contribution >= 4 is 36.3 Å². The van der Waals surface area contributed by atoms with E-state index in [1.807, 2.05) is 6.92 Å². The Labute approximate surface area is 157 Å². The molecule has 5 unspecified atom stereocenters. The van der Waals surface area contributed by atoms with Crippen LogP contribution in [0, 0.1) is 5.92 Å². The van der Waals surface area contributed by atoms with Crippen molar-refractivity contribution in [2.45, 2.75) is 51.4 Å². The molecule has 7 N–H and O–H groups in total. The van der Waals surface area contributed by atoms with Crippen LogP contribution in [-0.4, -0.2) is 70.4 Å². The molecule has 0 saturated carbocycles. The van der Waals surface area contributed by atoms with E-state index in [0.717, 1.165) is 0 Å². The highest BCUT2D eigenvalue weighted by Gasteiger charge is 2.28. The number of carbonyl (C=O) groups excluding carboxylic acids is 3. The van der Waals surface area contributed by atoms with E-state index in [1.165, 1.54) is 6.92 Å². The van der Waals surface area contributed by atoms with Gasteiger partial charge in [-0.05, 0) is 12.8 Å². The van der Waals surface area contributed by atoms with Gasteiger partial charge in [-0.15, -0.1) is 0 Å². The van der Waals surface area contributed by atoms with Crippen LogP contribution in [-0.2, 0) is 19.2 Å². The molecule has 0 radical (unpaired) electrons. The quantitative estimate of drug-likeness (QED) is 0.196. The molecule has 0 rings (SSSR count). The lowest BCUT2D eigenvalue weighted by atomic mass is 9.99. The van der Waals surface area contributed by atoms with Crippen LogP contribution in [0.5, 0.6) is 0 Å². The zero-order chi connectivity index (χ0) is 20.4. The Morgan fingerprint density at radius 3 is 1.96 bits per heavy atom. The summed E-state index contributed by atoms with van der Waals surface area (Å²) in [7, 11) is 0. The summed E-state index contributed by atoms with van der Waals surface area (Å²) >= 11 is 3.82. The predicted molar refractivity (Wildman–Crippen MR) is 97.5 cm³/mol. The van der Waals surface area contributed by atoms with Gasteiger partial charge in [0.15, 0.2) is 0 Å². The van der Waals surface area contributed by atoms with E-state index in [2.05, 4.69) is 28.6 Å². The average molecular weight is 392 g/mol. The Balaban J connectivity index is 4.76. The van der Waals surface area contributed by atoms with Crippen molar-refractivity contribution in [1.29, 1.82) is 0 Å². The minimum absolute atomic E-state index is 0.115. The van der Waals surface area contributed by atoms with E-state index in [9.17, 15) is 24.3 Å². The van der Waals surface area contributed by atoms with Crippen LogP contribution in [0.3, 0.4) is 0 Å². The van der Waals surface area contributed by atoms with Gasteiger partial charge >= 0.3 is 5.97 Å². The summed E-state index contributed by atoms with van der Waals surface area (Å²) in [6, 6.07) is -4.41. The number of rotatable bonds is 11. The average Bonchev–Trinajstić information content (AvgIpc) is 2.61. The van der Waals surface area contributed by atoms with E-state index in [4.69, 9.17) is 10.8 Å². The second-order valence-corrected chi connectivity index (χ2v) is 6.33. The van der Waals surface area contributed by atoms with Gasteiger partial charge in [0.25, 0.3) is 0 Å². The lowest BCUT2D eigenvalue weighted by Crippen LogP contribution is -2.58. The summed E-state index contributed by atoms with van der Waals surface area (Å²) in [5.41, 5.74) is 5.77. The van der Waals surface area contributed by atoms with E-state index >= 15 is 0 Å². The van der Waals surface area contributed by atoms with Gasteiger partial charge in [-0.25, -0.2) is 4.79 Å². The highest BCUT2D eigenvalue weighted by atomic mass is 32.1. The highest BCUT2D eigenvalue weighted by Crippen LogP contribution is 2.05. The minimum Gasteiger partial charge on any atom is -0.480 e. The predicted octanol–water partition coefficient (Wildman–Crippen LogP) is -2.16. The Bertz CT molecular complexity index is 518. The minimum atomic E-state index is -1.28. The number of thiol groups is 1. The van der Waals surface area contributed by atoms with Crippen molar-refractivity contribution in [3.63, 3.8) is 0 Å². The second-order valence-electron chi connectivity index (χ2n) is 5.97. The fraction of sp³-hybridized carbons (Fsp3) is 0.733. The molecule has 0 aromatic heterocycles. The molecule has 0 saturated heterocycles. The number of aliphatic carboxylic acids is 1. The van der Waals surface area contributed by atoms with Crippen LogP contribution in [0.1, 0.15) is 27.2 Å². The third kappa shape index (κ3) is 7.58. The first-order valence-electron chi connectivity index (χ1n) is 8.20. The number of carboxylic acids is 1. The van der Waals surface area contributed by atoms with E-state index < -0.39 is 54.5 Å². The normalized spacial score (nSPS) is 16.5. The summed E-state index contributed by atoms with van der Waals surface area (Å²) in [5.74, 6) is -3.61. The molecule has 3 amide bonds. The van der Waals surface area contributed by atoms with Gasteiger partial charge in [0, 0.05) is 5.75 Å². The van der Waals surface area contributed by atoms with Crippen molar-refractivity contribution in [2.75, 3.05) is 12.4 Å². The van der Waals surface area contributed by atoms with Gasteiger partial charge < -0.3 is 31.9 Å². The van der Waals surface area contributed by atoms with E-state index in [-0.39, 0.29) is 11.7 Å². The Morgan fingerprint density at radius 1 is 1.00 bits per heavy atom. The molecule has 26 heavy (non-hydrogen) atoms. The Morgan fingerprint density at radius 2 is 1.54 bits per heavy atom. The van der Waals surface area contributed by atoms with Crippen LogP contribution in [0.2, 0.25) is 0 Å². The number of nitrogens with two attached hydrogens (primary N) is 1. The van der Waals surface area contributed by atoms with Gasteiger partial charge in [-0.1, -0.05) is 20.3 Å². The highest BCUT2D eigenvalue weighted by molar-refractivity contribution is 7.80. The SMILES string of the molecule is CCC(C)C(N)C(=O)NC(CO)C(=O)NC(C)C(=O)NC(CS)C(=O)O. The monoisotopic (exact) mass is 392 g/mol. The lowest BCUT2D eigenvalue weighted by Gasteiger charge is -2.23. The molecule has 10 nitrogen and oxygen atoms in total. The molecule has 0 aliphatic carbocycles. The molecule has 5 atom stereocenters. The number of hydrogen-bond acceptors (Lipinski definition) is 7. The van der Waals surface area contributed by atoms with Gasteiger partial charge in [-0.3, -0.25) is 14.4 Å². The maximum Gasteiger partial charge on any atom is 0.327 e. The van der Waals surface area contributed by atoms with Gasteiger partial charge in [0.05, 0.1) is 12.6 Å². The molecule has 0 heterocycles. The third-order valence-electron chi connectivity index (χ3n) is 3.92. The number of aliphatic hydroxyl groups excluding tert-OH is 1. The first-order valence-corrected chi connectivity index (χ1v) is 8.83. The van der Waals surface area contributed by atoms with Crippen LogP contribution < -0.4 is 21.7 Å². The molecule has 150 valence electrons. The molecule has 0 aromatic carbocycles. The molecule has 0 bridgehead atoms. The van der Waals surface area contributed by atoms with Gasteiger partial charge in [0.2, 0.25) is 17.7 Å². The number of carbonyl (C=O) groups is 4. The van der Waals surface area contributed by atoms with Crippen LogP contribution in [0.25, 0.3) is 0 Å². The number of hydrogen-bond donors (Lipinski definition) is 7. The van der Waals surface area contributed by atoms with Gasteiger partial charge in [0.1, 0.15) is 18.1 Å². The summed E-state index contributed by atoms with van der Waals surface area (Å²) in [5, 5.41) is 25.1. The standard InChI is InChI=1S/C15H28N4O6S/c1-4-7(2)11(16)14(23)18-9(5-20)13(22)17-8(3)12(21)19-10(6-26)15(24)25/h7-11,20,26H,4-6,16H2,1-3H3,(H,17,22)(H,18,23)(H,19,21)(H,24,25). The van der Waals surface area contributed by atoms with Crippen molar-refractivity contribution in [3.8, 4) is 0 Å². The van der Waals surface area contributed by atoms with Crippen LogP contribution in [0.4, 0.5) is 0 Å². The molecule has 0 fully saturated rings. The van der Waals surface area contributed by atoms with Gasteiger partial charge in [-0.2, -0.15) is 12.6 Å². The van der Waals surface area contributed by atoms with Crippen LogP contribution >= 0.6 is 12.6 Å². The molecule has 0 aliphatic heterocycles. The lowest BCUT2D eigenvalue weighted by molar-refractivity contribution is -0.141. The zero-order valence-electron chi connectivity index (χ0n) is 15.1. The maximum absolute atomic E-state index is 12.1. The molecule has 0 aromatic rings. The zero-order valence-corrected chi connectivity index (χ0v) is 16.0. The molecular weight excluding hydrogens is 364 g/mol. The van der Waals surface area contributed by atoms with Crippen molar-refractivity contribution in [3.05, 3.63) is 0 Å². The second kappa shape index (κ2) is 11.7. The van der Waals surface area contributed by atoms with Crippen molar-refractivity contribution in [1.82, 2.24) is 16.0 Å². The van der Waals surface area contributed by atoms with E-state index in [1.54, 1.807) is 6.92 Å². The maximum atomic E-state index is 12.1. The Kier molecular flexibility index (Phi) is 10.9. The number of carboxylic acid groups (broad SMARTS) is 1. The smallest absolute Gasteiger partial charge is 0.327 e. The number of aliphatic hydroxyl groups is 1. The Hall–Kier alpha value is -1.85. The molecule has 11 heteroatoms. The summed E-state index contributed by atoms with van der Waals surface area (Å²) < 4.78 is 0. The molecule has 0 aliphatic rings. The first-order chi connectivity index (χ1) is 12.1. The topological polar surface area (TPSA) is 171 Å². The fourth-order valence-corrected chi connectivity index (χ4v) is 2.08. The molecular formula is C15H28N4O6S. The first kappa shape index (κ1) is 24.1. The number of amides is 3. The summed E-state index contributed by atoms with van der Waals surface area (Å²) in [6.07, 6.45) is 0.664. The molecule has 0 spiro atoms. The summed E-state index contributed by atoms with van der Waals surface area (Å²) in [6.45, 7) is 4.30. The van der Waals surface area contributed by atoms with E-state index in [0.29, 0.717) is 6.42 Å². The van der Waals surface area contributed by atoms with Crippen LogP contribution in [0.15, 0.2) is 0 Å². The van der Waals surface area contributed by atoms with Crippen molar-refractivity contribution < 1.29 is 29.4 Å². The van der Waals surface area contributed by atoms with Crippen molar-refractivity contribution in [2.24, 2.45) is 11.7 Å². The largest absolute Gasteiger partial charge is 0.480 e. The number of nitrogens with one attached hydrogen (secondary N) is 3. The fourth-order valence-electron chi connectivity index (χ4n) is 1.84.